The molecule has 0 atom stereocenters. The van der Waals surface area contributed by atoms with Gasteiger partial charge in [0.1, 0.15) is 5.69 Å². The van der Waals surface area contributed by atoms with E-state index < -0.39 is 11.9 Å². The van der Waals surface area contributed by atoms with Gasteiger partial charge in [-0.2, -0.15) is 0 Å². The maximum Gasteiger partial charge on any atom is 0.379 e. The fourth-order valence-electron chi connectivity index (χ4n) is 2.23. The van der Waals surface area contributed by atoms with Crippen LogP contribution in [0.15, 0.2) is 59.5 Å². The summed E-state index contributed by atoms with van der Waals surface area (Å²) in [5.74, 6) is -1.62. The van der Waals surface area contributed by atoms with Gasteiger partial charge in [0.25, 0.3) is 0 Å². The van der Waals surface area contributed by atoms with Crippen LogP contribution in [0.3, 0.4) is 0 Å². The predicted octanol–water partition coefficient (Wildman–Crippen LogP) is 6.15. The molecule has 0 unspecified atom stereocenters. The van der Waals surface area contributed by atoms with E-state index in [2.05, 4.69) is 27.3 Å². The molecule has 1 aromatic carbocycles. The molecule has 9 heteroatoms. The highest BCUT2D eigenvalue weighted by molar-refractivity contribution is 5.92. The van der Waals surface area contributed by atoms with Crippen molar-refractivity contribution in [2.24, 2.45) is 5.18 Å². The number of rotatable bonds is 12. The Hall–Kier alpha value is -3.49. The molecule has 0 aliphatic heterocycles. The standard InChI is InChI=1S/C20H24FN3O5.2C2H6/c1-4-15(20(26)29-21)8-7-14(3)22-11-6-12-23-17-10-9-16(13-18(17)24-27)19(25)28-5-2;2*1-2/h4,7-10,13,22-23H,1,5-6,11-12H2,2-3H3;2*1-2H3/b14-7+,15-8+;;. The van der Waals surface area contributed by atoms with Crippen molar-refractivity contribution < 1.29 is 23.8 Å². The summed E-state index contributed by atoms with van der Waals surface area (Å²) in [5, 5.41) is 9.15. The minimum Gasteiger partial charge on any atom is -0.462 e. The number of nitrogens with one attached hydrogen (secondary N) is 2. The Morgan fingerprint density at radius 3 is 2.36 bits per heavy atom. The first kappa shape index (κ1) is 31.7. The molecule has 8 nitrogen and oxygen atoms in total. The van der Waals surface area contributed by atoms with Crippen LogP contribution in [0, 0.1) is 4.91 Å². The zero-order chi connectivity index (χ0) is 25.6. The number of halogens is 1. The van der Waals surface area contributed by atoms with E-state index in [-0.39, 0.29) is 23.4 Å². The molecule has 2 N–H and O–H groups in total. The van der Waals surface area contributed by atoms with Gasteiger partial charge in [-0.15, -0.1) is 4.91 Å². The molecule has 0 aromatic heterocycles. The lowest BCUT2D eigenvalue weighted by Gasteiger charge is -2.10. The number of carbonyl (C=O) groups excluding carboxylic acids is 2. The summed E-state index contributed by atoms with van der Waals surface area (Å²) in [6.07, 6.45) is 4.89. The van der Waals surface area contributed by atoms with Crippen LogP contribution in [0.4, 0.5) is 15.9 Å². The van der Waals surface area contributed by atoms with Gasteiger partial charge in [0.2, 0.25) is 0 Å². The van der Waals surface area contributed by atoms with Gasteiger partial charge in [-0.25, -0.2) is 14.5 Å². The lowest BCUT2D eigenvalue weighted by atomic mass is 10.1. The average molecular weight is 466 g/mol. The molecule has 0 aliphatic rings. The summed E-state index contributed by atoms with van der Waals surface area (Å²) in [6.45, 7) is 16.3. The van der Waals surface area contributed by atoms with E-state index in [4.69, 9.17) is 4.74 Å². The molecule has 0 aliphatic carbocycles. The number of hydrogen-bond donors (Lipinski definition) is 2. The zero-order valence-corrected chi connectivity index (χ0v) is 20.4. The Morgan fingerprint density at radius 2 is 1.82 bits per heavy atom. The normalized spacial score (nSPS) is 10.4. The van der Waals surface area contributed by atoms with Crippen molar-refractivity contribution >= 4 is 23.3 Å². The number of nitrogens with zero attached hydrogens (tertiary/aromatic N) is 1. The van der Waals surface area contributed by atoms with Gasteiger partial charge in [0.05, 0.1) is 23.4 Å². The highest BCUT2D eigenvalue weighted by Gasteiger charge is 2.11. The maximum absolute atomic E-state index is 11.9. The number of nitroso groups, excluding NO2 is 1. The van der Waals surface area contributed by atoms with Crippen LogP contribution in [-0.4, -0.2) is 31.6 Å². The van der Waals surface area contributed by atoms with Crippen molar-refractivity contribution in [2.45, 2.75) is 48.0 Å². The average Bonchev–Trinajstić information content (AvgIpc) is 2.86. The third-order valence-electron chi connectivity index (χ3n) is 3.72. The Bertz CT molecular complexity index is 807. The molecular weight excluding hydrogens is 429 g/mol. The van der Waals surface area contributed by atoms with Gasteiger partial charge in [-0.3, -0.25) is 0 Å². The Morgan fingerprint density at radius 1 is 1.15 bits per heavy atom. The molecule has 0 fully saturated rings. The quantitative estimate of drug-likeness (QED) is 0.125. The SMILES string of the molecule is C=C/C(=C\C=C(/C)NCCCNc1ccc(C(=O)OCC)cc1N=O)C(=O)OF.CC.CC. The van der Waals surface area contributed by atoms with Crippen LogP contribution in [-0.2, 0) is 14.5 Å². The fraction of sp³-hybridized carbons (Fsp3) is 0.417. The van der Waals surface area contributed by atoms with E-state index in [1.165, 1.54) is 18.2 Å². The Balaban J connectivity index is 0. The van der Waals surface area contributed by atoms with Crippen LogP contribution in [0.5, 0.6) is 0 Å². The number of benzene rings is 1. The molecule has 184 valence electrons. The monoisotopic (exact) mass is 465 g/mol. The number of carbonyl (C=O) groups is 2. The summed E-state index contributed by atoms with van der Waals surface area (Å²) < 4.78 is 16.8. The van der Waals surface area contributed by atoms with Gasteiger partial charge in [0.15, 0.2) is 0 Å². The summed E-state index contributed by atoms with van der Waals surface area (Å²) in [4.78, 5) is 37.0. The third kappa shape index (κ3) is 12.8. The second-order valence-electron chi connectivity index (χ2n) is 5.79. The van der Waals surface area contributed by atoms with E-state index in [1.54, 1.807) is 32.1 Å². The van der Waals surface area contributed by atoms with Crippen LogP contribution in [0.2, 0.25) is 0 Å². The Labute approximate surface area is 195 Å². The molecule has 0 radical (unpaired) electrons. The van der Waals surface area contributed by atoms with E-state index in [1.807, 2.05) is 27.7 Å². The largest absolute Gasteiger partial charge is 0.462 e. The zero-order valence-electron chi connectivity index (χ0n) is 20.4. The number of hydrogen-bond acceptors (Lipinski definition) is 8. The smallest absolute Gasteiger partial charge is 0.379 e. The number of esters is 1. The van der Waals surface area contributed by atoms with Gasteiger partial charge >= 0.3 is 11.9 Å². The molecule has 0 spiro atoms. The summed E-state index contributed by atoms with van der Waals surface area (Å²) >= 11 is 0. The maximum atomic E-state index is 11.9. The van der Waals surface area contributed by atoms with Crippen molar-refractivity contribution in [3.05, 3.63) is 64.7 Å². The van der Waals surface area contributed by atoms with Crippen molar-refractivity contribution in [3.63, 3.8) is 0 Å². The molecule has 33 heavy (non-hydrogen) atoms. The second kappa shape index (κ2) is 20.4. The first-order valence-electron chi connectivity index (χ1n) is 10.9. The lowest BCUT2D eigenvalue weighted by Crippen LogP contribution is -2.16. The van der Waals surface area contributed by atoms with Gasteiger partial charge < -0.3 is 15.4 Å². The van der Waals surface area contributed by atoms with Gasteiger partial charge in [0, 0.05) is 23.3 Å². The van der Waals surface area contributed by atoms with Crippen molar-refractivity contribution in [3.8, 4) is 0 Å². The fourth-order valence-corrected chi connectivity index (χ4v) is 2.23. The van der Waals surface area contributed by atoms with E-state index in [0.717, 1.165) is 5.70 Å². The van der Waals surface area contributed by atoms with Crippen molar-refractivity contribution in [1.82, 2.24) is 5.32 Å². The topological polar surface area (TPSA) is 106 Å². The van der Waals surface area contributed by atoms with E-state index >= 15 is 0 Å². The highest BCUT2D eigenvalue weighted by atomic mass is 19.3. The number of anilines is 1. The van der Waals surface area contributed by atoms with Crippen LogP contribution < -0.4 is 10.6 Å². The first-order chi connectivity index (χ1) is 16.0. The molecule has 0 saturated carbocycles. The minimum absolute atomic E-state index is 0.00419. The van der Waals surface area contributed by atoms with Crippen molar-refractivity contribution in [1.29, 1.82) is 0 Å². The second-order valence-corrected chi connectivity index (χ2v) is 5.79. The summed E-state index contributed by atoms with van der Waals surface area (Å²) in [7, 11) is 0. The van der Waals surface area contributed by atoms with Crippen LogP contribution >= 0.6 is 0 Å². The molecule has 0 saturated heterocycles. The molecule has 1 rings (SSSR count). The molecular formula is C24H36FN3O5. The van der Waals surface area contributed by atoms with Crippen LogP contribution in [0.1, 0.15) is 58.3 Å². The van der Waals surface area contributed by atoms with Gasteiger partial charge in [-0.1, -0.05) is 40.3 Å². The molecule has 0 bridgehead atoms. The first-order valence-corrected chi connectivity index (χ1v) is 10.9. The van der Waals surface area contributed by atoms with Crippen LogP contribution in [0.25, 0.3) is 0 Å². The summed E-state index contributed by atoms with van der Waals surface area (Å²) in [6, 6.07) is 4.55. The number of allylic oxidation sites excluding steroid dienone is 3. The predicted molar refractivity (Wildman–Crippen MR) is 131 cm³/mol. The highest BCUT2D eigenvalue weighted by Crippen LogP contribution is 2.26. The Kier molecular flexibility index (Phi) is 19.6. The molecule has 0 heterocycles. The van der Waals surface area contributed by atoms with E-state index in [0.29, 0.717) is 25.2 Å². The molecule has 1 aromatic rings. The van der Waals surface area contributed by atoms with Crippen molar-refractivity contribution in [2.75, 3.05) is 25.0 Å². The number of ether oxygens (including phenoxy) is 1. The summed E-state index contributed by atoms with van der Waals surface area (Å²) in [5.41, 5.74) is 1.66. The molecule has 0 amide bonds. The third-order valence-corrected chi connectivity index (χ3v) is 3.72. The van der Waals surface area contributed by atoms with Gasteiger partial charge in [-0.05, 0) is 55.8 Å². The minimum atomic E-state index is -1.11. The van der Waals surface area contributed by atoms with E-state index in [9.17, 15) is 19.0 Å². The lowest BCUT2D eigenvalue weighted by molar-refractivity contribution is -0.177.